The topological polar surface area (TPSA) is 44.0 Å². The van der Waals surface area contributed by atoms with E-state index in [2.05, 4.69) is 33.8 Å². The zero-order valence-electron chi connectivity index (χ0n) is 16.0. The molecule has 10 atom stereocenters. The molecule has 2 nitrogen and oxygen atoms in total. The van der Waals surface area contributed by atoms with E-state index in [1.165, 1.54) is 32.1 Å². The number of hydrogen-bond donors (Lipinski definition) is 1. The van der Waals surface area contributed by atoms with Gasteiger partial charge in [0.05, 0.1) is 18.1 Å². The van der Waals surface area contributed by atoms with Gasteiger partial charge in [-0.1, -0.05) is 27.7 Å². The second-order valence-electron chi connectivity index (χ2n) is 10.4. The van der Waals surface area contributed by atoms with Gasteiger partial charge in [0.25, 0.3) is 0 Å². The molecule has 0 radical (unpaired) electrons. The molecule has 0 aromatic carbocycles. The fraction of sp³-hybridized carbons (Fsp3) is 0.955. The van der Waals surface area contributed by atoms with E-state index in [1.54, 1.807) is 0 Å². The summed E-state index contributed by atoms with van der Waals surface area (Å²) in [6, 6.07) is 2.59. The van der Waals surface area contributed by atoms with Crippen LogP contribution in [-0.2, 0) is 0 Å². The number of fused-ring (bicyclic) bond motifs is 5. The van der Waals surface area contributed by atoms with Crippen molar-refractivity contribution in [1.82, 2.24) is 0 Å². The number of rotatable bonds is 0. The first kappa shape index (κ1) is 16.9. The zero-order chi connectivity index (χ0) is 17.3. The highest BCUT2D eigenvalue weighted by Crippen LogP contribution is 2.68. The highest BCUT2D eigenvalue weighted by atomic mass is 16.3. The standard InChI is InChI=1S/C22H35NO/c1-13-9-10-21(3)17(14(13)2)8-6-16-18-7-5-15(12-23)22(18,4)11-19(24)20(16)21/h13-20,24H,5-11H2,1-4H3/t13-,14+,15-,16+,17+,18+,19+,20-,21+,22-/m1/s1. The third kappa shape index (κ3) is 2.03. The molecule has 1 N–H and O–H groups in total. The van der Waals surface area contributed by atoms with E-state index in [0.29, 0.717) is 23.2 Å². The van der Waals surface area contributed by atoms with Gasteiger partial charge in [-0.05, 0) is 91.3 Å². The second kappa shape index (κ2) is 5.47. The predicted octanol–water partition coefficient (Wildman–Crippen LogP) is 5.02. The summed E-state index contributed by atoms with van der Waals surface area (Å²) in [5.74, 6) is 4.37. The molecule has 0 aliphatic heterocycles. The van der Waals surface area contributed by atoms with Gasteiger partial charge in [0.15, 0.2) is 0 Å². The molecule has 2 heteroatoms. The van der Waals surface area contributed by atoms with Gasteiger partial charge < -0.3 is 5.11 Å². The van der Waals surface area contributed by atoms with Gasteiger partial charge in [-0.3, -0.25) is 0 Å². The molecule has 0 unspecified atom stereocenters. The van der Waals surface area contributed by atoms with Crippen molar-refractivity contribution in [3.05, 3.63) is 0 Å². The van der Waals surface area contributed by atoms with Crippen molar-refractivity contribution in [3.63, 3.8) is 0 Å². The van der Waals surface area contributed by atoms with Crippen LogP contribution in [0.1, 0.15) is 72.6 Å². The van der Waals surface area contributed by atoms with E-state index < -0.39 is 0 Å². The molecule has 0 saturated heterocycles. The van der Waals surface area contributed by atoms with Crippen LogP contribution in [0, 0.1) is 63.6 Å². The summed E-state index contributed by atoms with van der Waals surface area (Å²) >= 11 is 0. The SMILES string of the molecule is C[C@H]1[C@H](C)CC[C@]2(C)[C@@H]3[C@@H](CC[C@@H]12)[C@@H]1CC[C@H](C#N)[C@@]1(C)C[C@@H]3O. The van der Waals surface area contributed by atoms with Gasteiger partial charge in [0, 0.05) is 0 Å². The molecule has 0 spiro atoms. The average molecular weight is 330 g/mol. The van der Waals surface area contributed by atoms with Crippen molar-refractivity contribution in [1.29, 1.82) is 5.26 Å². The molecule has 4 fully saturated rings. The Balaban J connectivity index is 1.69. The van der Waals surface area contributed by atoms with Crippen LogP contribution in [0.15, 0.2) is 0 Å². The Kier molecular flexibility index (Phi) is 3.85. The van der Waals surface area contributed by atoms with Gasteiger partial charge in [-0.15, -0.1) is 0 Å². The van der Waals surface area contributed by atoms with Crippen LogP contribution < -0.4 is 0 Å². The molecule has 4 rings (SSSR count). The lowest BCUT2D eigenvalue weighted by Crippen LogP contribution is -2.59. The third-order valence-corrected chi connectivity index (χ3v) is 9.70. The van der Waals surface area contributed by atoms with Crippen LogP contribution in [0.2, 0.25) is 0 Å². The summed E-state index contributed by atoms with van der Waals surface area (Å²) in [7, 11) is 0. The number of aliphatic hydroxyl groups is 1. The highest BCUT2D eigenvalue weighted by Gasteiger charge is 2.63. The van der Waals surface area contributed by atoms with Crippen LogP contribution in [0.5, 0.6) is 0 Å². The molecule has 0 bridgehead atoms. The Morgan fingerprint density at radius 2 is 1.67 bits per heavy atom. The van der Waals surface area contributed by atoms with Crippen molar-refractivity contribution >= 4 is 0 Å². The van der Waals surface area contributed by atoms with E-state index in [0.717, 1.165) is 30.6 Å². The van der Waals surface area contributed by atoms with Gasteiger partial charge in [-0.25, -0.2) is 0 Å². The second-order valence-corrected chi connectivity index (χ2v) is 10.4. The highest BCUT2D eigenvalue weighted by molar-refractivity contribution is 5.15. The fourth-order valence-corrected chi connectivity index (χ4v) is 8.26. The molecule has 4 aliphatic carbocycles. The predicted molar refractivity (Wildman–Crippen MR) is 95.9 cm³/mol. The molecule has 24 heavy (non-hydrogen) atoms. The lowest BCUT2D eigenvalue weighted by atomic mass is 9.42. The van der Waals surface area contributed by atoms with Crippen molar-refractivity contribution in [2.45, 2.75) is 78.7 Å². The molecule has 0 aromatic heterocycles. The van der Waals surface area contributed by atoms with E-state index in [9.17, 15) is 10.4 Å². The fourth-order valence-electron chi connectivity index (χ4n) is 8.26. The number of nitrogens with zero attached hydrogens (tertiary/aromatic N) is 1. The van der Waals surface area contributed by atoms with Crippen LogP contribution in [0.3, 0.4) is 0 Å². The minimum absolute atomic E-state index is 0.0616. The maximum absolute atomic E-state index is 11.3. The van der Waals surface area contributed by atoms with E-state index in [4.69, 9.17) is 0 Å². The summed E-state index contributed by atoms with van der Waals surface area (Å²) in [5.41, 5.74) is 0.381. The Labute approximate surface area is 148 Å². The number of nitriles is 1. The van der Waals surface area contributed by atoms with Crippen molar-refractivity contribution in [3.8, 4) is 6.07 Å². The summed E-state index contributed by atoms with van der Waals surface area (Å²) in [4.78, 5) is 0. The molecule has 0 aromatic rings. The monoisotopic (exact) mass is 329 g/mol. The molecular formula is C22H35NO. The van der Waals surface area contributed by atoms with Gasteiger partial charge in [0.1, 0.15) is 0 Å². The third-order valence-electron chi connectivity index (χ3n) is 9.70. The molecule has 0 heterocycles. The van der Waals surface area contributed by atoms with Gasteiger partial charge >= 0.3 is 0 Å². The maximum Gasteiger partial charge on any atom is 0.0661 e. The molecule has 4 saturated carbocycles. The zero-order valence-corrected chi connectivity index (χ0v) is 16.0. The normalized spacial score (nSPS) is 59.8. The first-order valence-electron chi connectivity index (χ1n) is 10.4. The largest absolute Gasteiger partial charge is 0.393 e. The smallest absolute Gasteiger partial charge is 0.0661 e. The summed E-state index contributed by atoms with van der Waals surface area (Å²) in [6.45, 7) is 9.73. The van der Waals surface area contributed by atoms with Gasteiger partial charge in [-0.2, -0.15) is 5.26 Å². The minimum Gasteiger partial charge on any atom is -0.393 e. The van der Waals surface area contributed by atoms with Crippen molar-refractivity contribution in [2.24, 2.45) is 52.3 Å². The van der Waals surface area contributed by atoms with Crippen molar-refractivity contribution in [2.75, 3.05) is 0 Å². The Morgan fingerprint density at radius 1 is 0.958 bits per heavy atom. The van der Waals surface area contributed by atoms with E-state index >= 15 is 0 Å². The average Bonchev–Trinajstić information content (AvgIpc) is 2.86. The lowest BCUT2D eigenvalue weighted by Gasteiger charge is -2.63. The Hall–Kier alpha value is -0.550. The molecular weight excluding hydrogens is 294 g/mol. The first-order chi connectivity index (χ1) is 11.3. The van der Waals surface area contributed by atoms with Gasteiger partial charge in [0.2, 0.25) is 0 Å². The number of aliphatic hydroxyl groups excluding tert-OH is 1. The van der Waals surface area contributed by atoms with Crippen molar-refractivity contribution < 1.29 is 5.11 Å². The molecule has 0 amide bonds. The van der Waals surface area contributed by atoms with Crippen LogP contribution >= 0.6 is 0 Å². The summed E-state index contributed by atoms with van der Waals surface area (Å²) in [6.07, 6.45) is 8.20. The summed E-state index contributed by atoms with van der Waals surface area (Å²) in [5, 5.41) is 20.9. The van der Waals surface area contributed by atoms with E-state index in [-0.39, 0.29) is 17.4 Å². The first-order valence-corrected chi connectivity index (χ1v) is 10.4. The Bertz CT molecular complexity index is 553. The maximum atomic E-state index is 11.3. The van der Waals surface area contributed by atoms with E-state index in [1.807, 2.05) is 0 Å². The molecule has 4 aliphatic rings. The van der Waals surface area contributed by atoms with Crippen LogP contribution in [-0.4, -0.2) is 11.2 Å². The number of hydrogen-bond acceptors (Lipinski definition) is 2. The lowest BCUT2D eigenvalue weighted by molar-refractivity contribution is -0.180. The summed E-state index contributed by atoms with van der Waals surface area (Å²) < 4.78 is 0. The minimum atomic E-state index is -0.196. The molecule has 134 valence electrons. The quantitative estimate of drug-likeness (QED) is 0.678. The van der Waals surface area contributed by atoms with Crippen LogP contribution in [0.4, 0.5) is 0 Å². The Morgan fingerprint density at radius 3 is 2.38 bits per heavy atom. The van der Waals surface area contributed by atoms with Crippen LogP contribution in [0.25, 0.3) is 0 Å².